The van der Waals surface area contributed by atoms with E-state index in [-0.39, 0.29) is 5.91 Å². The lowest BCUT2D eigenvalue weighted by atomic mass is 10.2. The van der Waals surface area contributed by atoms with E-state index in [1.165, 1.54) is 4.90 Å². The molecule has 2 rings (SSSR count). The lowest BCUT2D eigenvalue weighted by molar-refractivity contribution is -0.905. The topological polar surface area (TPSA) is 33.5 Å². The van der Waals surface area contributed by atoms with Gasteiger partial charge in [-0.2, -0.15) is 0 Å². The van der Waals surface area contributed by atoms with Gasteiger partial charge >= 0.3 is 0 Å². The normalized spacial score (nSPS) is 12.0. The SMILES string of the molecule is CCC[NH+](CC(=O)Nc1ccccc1C)Cc1ccccc1Cl. The molecule has 1 unspecified atom stereocenters. The zero-order valence-electron chi connectivity index (χ0n) is 13.7. The summed E-state index contributed by atoms with van der Waals surface area (Å²) in [5, 5.41) is 3.77. The van der Waals surface area contributed by atoms with Crippen LogP contribution in [0.2, 0.25) is 5.02 Å². The van der Waals surface area contributed by atoms with Crippen molar-refractivity contribution in [2.75, 3.05) is 18.4 Å². The molecule has 0 fully saturated rings. The van der Waals surface area contributed by atoms with Crippen molar-refractivity contribution in [3.05, 3.63) is 64.7 Å². The summed E-state index contributed by atoms with van der Waals surface area (Å²) in [5.41, 5.74) is 3.04. The second kappa shape index (κ2) is 8.70. The third-order valence-electron chi connectivity index (χ3n) is 3.83. The van der Waals surface area contributed by atoms with Crippen LogP contribution in [-0.2, 0) is 11.3 Å². The standard InChI is InChI=1S/C19H23ClN2O/c1-3-12-22(13-16-9-5-6-10-17(16)20)14-19(23)21-18-11-7-4-8-15(18)2/h4-11H,3,12-14H2,1-2H3,(H,21,23)/p+1. The summed E-state index contributed by atoms with van der Waals surface area (Å²) in [6, 6.07) is 15.7. The quantitative estimate of drug-likeness (QED) is 0.803. The molecule has 3 nitrogen and oxygen atoms in total. The molecule has 0 aromatic heterocycles. The van der Waals surface area contributed by atoms with Crippen molar-refractivity contribution in [1.82, 2.24) is 0 Å². The van der Waals surface area contributed by atoms with Gasteiger partial charge < -0.3 is 10.2 Å². The van der Waals surface area contributed by atoms with Crippen molar-refractivity contribution in [2.45, 2.75) is 26.8 Å². The zero-order valence-corrected chi connectivity index (χ0v) is 14.5. The minimum absolute atomic E-state index is 0.0369. The van der Waals surface area contributed by atoms with E-state index < -0.39 is 0 Å². The first-order valence-corrected chi connectivity index (χ1v) is 8.40. The third-order valence-corrected chi connectivity index (χ3v) is 4.20. The number of anilines is 1. The molecule has 0 saturated heterocycles. The highest BCUT2D eigenvalue weighted by atomic mass is 35.5. The number of carbonyl (C=O) groups is 1. The Kier molecular flexibility index (Phi) is 6.63. The van der Waals surface area contributed by atoms with Crippen LogP contribution in [0.25, 0.3) is 0 Å². The van der Waals surface area contributed by atoms with Crippen LogP contribution in [0.4, 0.5) is 5.69 Å². The van der Waals surface area contributed by atoms with Gasteiger partial charge in [0.25, 0.3) is 5.91 Å². The van der Waals surface area contributed by atoms with Crippen LogP contribution in [0.15, 0.2) is 48.5 Å². The molecule has 0 spiro atoms. The first-order valence-electron chi connectivity index (χ1n) is 8.02. The number of carbonyl (C=O) groups excluding carboxylic acids is 1. The van der Waals surface area contributed by atoms with E-state index >= 15 is 0 Å². The third kappa shape index (κ3) is 5.38. The number of quaternary nitrogens is 1. The van der Waals surface area contributed by atoms with E-state index in [0.717, 1.165) is 41.3 Å². The highest BCUT2D eigenvalue weighted by Gasteiger charge is 2.16. The molecule has 0 radical (unpaired) electrons. The monoisotopic (exact) mass is 331 g/mol. The Hall–Kier alpha value is -1.84. The molecule has 0 bridgehead atoms. The smallest absolute Gasteiger partial charge is 0.279 e. The fraction of sp³-hybridized carbons (Fsp3) is 0.316. The Balaban J connectivity index is 2.00. The number of benzene rings is 2. The average Bonchev–Trinajstić information content (AvgIpc) is 2.52. The number of nitrogens with one attached hydrogen (secondary N) is 2. The van der Waals surface area contributed by atoms with Gasteiger partial charge in [0.1, 0.15) is 6.54 Å². The Morgan fingerprint density at radius 1 is 1.13 bits per heavy atom. The molecule has 2 N–H and O–H groups in total. The Bertz CT molecular complexity index is 657. The molecule has 1 amide bonds. The van der Waals surface area contributed by atoms with Gasteiger partial charge in [-0.05, 0) is 31.0 Å². The first-order chi connectivity index (χ1) is 11.1. The molecule has 0 aliphatic carbocycles. The molecular weight excluding hydrogens is 308 g/mol. The summed E-state index contributed by atoms with van der Waals surface area (Å²) < 4.78 is 0. The van der Waals surface area contributed by atoms with Crippen LogP contribution in [0.3, 0.4) is 0 Å². The molecule has 23 heavy (non-hydrogen) atoms. The van der Waals surface area contributed by atoms with Crippen molar-refractivity contribution in [2.24, 2.45) is 0 Å². The number of hydrogen-bond donors (Lipinski definition) is 2. The fourth-order valence-corrected chi connectivity index (χ4v) is 2.84. The number of amides is 1. The van der Waals surface area contributed by atoms with Gasteiger partial charge in [-0.25, -0.2) is 0 Å². The second-order valence-corrected chi connectivity index (χ2v) is 6.22. The van der Waals surface area contributed by atoms with Crippen molar-refractivity contribution in [3.8, 4) is 0 Å². The molecule has 2 aromatic rings. The van der Waals surface area contributed by atoms with Gasteiger partial charge in [-0.15, -0.1) is 0 Å². The predicted octanol–water partition coefficient (Wildman–Crippen LogP) is 3.08. The minimum atomic E-state index is 0.0369. The molecule has 0 heterocycles. The van der Waals surface area contributed by atoms with Crippen molar-refractivity contribution < 1.29 is 9.69 Å². The van der Waals surface area contributed by atoms with Crippen LogP contribution in [-0.4, -0.2) is 19.0 Å². The van der Waals surface area contributed by atoms with Crippen molar-refractivity contribution in [3.63, 3.8) is 0 Å². The van der Waals surface area contributed by atoms with E-state index in [2.05, 4.69) is 12.2 Å². The number of aryl methyl sites for hydroxylation is 1. The number of rotatable bonds is 7. The van der Waals surface area contributed by atoms with Crippen LogP contribution in [0, 0.1) is 6.92 Å². The highest BCUT2D eigenvalue weighted by molar-refractivity contribution is 6.31. The summed E-state index contributed by atoms with van der Waals surface area (Å²) in [6.07, 6.45) is 1.03. The van der Waals surface area contributed by atoms with Crippen LogP contribution in [0.5, 0.6) is 0 Å². The van der Waals surface area contributed by atoms with Gasteiger partial charge in [0.2, 0.25) is 0 Å². The van der Waals surface area contributed by atoms with Crippen molar-refractivity contribution in [1.29, 1.82) is 0 Å². The maximum atomic E-state index is 12.4. The fourth-order valence-electron chi connectivity index (χ4n) is 2.64. The summed E-state index contributed by atoms with van der Waals surface area (Å²) in [5.74, 6) is 0.0369. The van der Waals surface area contributed by atoms with E-state index in [1.54, 1.807) is 0 Å². The van der Waals surface area contributed by atoms with Crippen LogP contribution >= 0.6 is 11.6 Å². The Morgan fingerprint density at radius 2 is 1.83 bits per heavy atom. The second-order valence-electron chi connectivity index (χ2n) is 5.81. The summed E-state index contributed by atoms with van der Waals surface area (Å²) in [6.45, 7) is 6.26. The lowest BCUT2D eigenvalue weighted by Gasteiger charge is -2.19. The van der Waals surface area contributed by atoms with Crippen LogP contribution in [0.1, 0.15) is 24.5 Å². The molecule has 1 atom stereocenters. The maximum absolute atomic E-state index is 12.4. The average molecular weight is 332 g/mol. The van der Waals surface area contributed by atoms with E-state index in [1.807, 2.05) is 55.5 Å². The zero-order chi connectivity index (χ0) is 16.7. The number of halogens is 1. The molecule has 4 heteroatoms. The van der Waals surface area contributed by atoms with E-state index in [0.29, 0.717) is 6.54 Å². The number of para-hydroxylation sites is 1. The number of hydrogen-bond acceptors (Lipinski definition) is 1. The van der Waals surface area contributed by atoms with Gasteiger partial charge in [-0.3, -0.25) is 4.79 Å². The molecular formula is C19H24ClN2O+. The molecule has 122 valence electrons. The summed E-state index contributed by atoms with van der Waals surface area (Å²) >= 11 is 6.24. The van der Waals surface area contributed by atoms with Crippen LogP contribution < -0.4 is 10.2 Å². The van der Waals surface area contributed by atoms with Gasteiger partial charge in [0.15, 0.2) is 6.54 Å². The highest BCUT2D eigenvalue weighted by Crippen LogP contribution is 2.14. The van der Waals surface area contributed by atoms with Gasteiger partial charge in [-0.1, -0.05) is 54.9 Å². The van der Waals surface area contributed by atoms with E-state index in [4.69, 9.17) is 11.6 Å². The Morgan fingerprint density at radius 3 is 2.52 bits per heavy atom. The van der Waals surface area contributed by atoms with Gasteiger partial charge in [0.05, 0.1) is 6.54 Å². The first kappa shape index (κ1) is 17.5. The largest absolute Gasteiger partial charge is 0.323 e. The van der Waals surface area contributed by atoms with E-state index in [9.17, 15) is 4.79 Å². The minimum Gasteiger partial charge on any atom is -0.323 e. The molecule has 0 saturated carbocycles. The van der Waals surface area contributed by atoms with Gasteiger partial charge in [0, 0.05) is 16.3 Å². The Labute approximate surface area is 143 Å². The lowest BCUT2D eigenvalue weighted by Crippen LogP contribution is -3.11. The summed E-state index contributed by atoms with van der Waals surface area (Å²) in [7, 11) is 0. The molecule has 2 aromatic carbocycles. The maximum Gasteiger partial charge on any atom is 0.279 e. The summed E-state index contributed by atoms with van der Waals surface area (Å²) in [4.78, 5) is 13.6. The molecule has 0 aliphatic rings. The predicted molar refractivity (Wildman–Crippen MR) is 96.0 cm³/mol. The van der Waals surface area contributed by atoms with Crippen molar-refractivity contribution >= 4 is 23.2 Å². The molecule has 0 aliphatic heterocycles.